The molecule has 1 atom stereocenters. The number of nitrogens with zero attached hydrogens (tertiary/aromatic N) is 3. The third kappa shape index (κ3) is 4.97. The summed E-state index contributed by atoms with van der Waals surface area (Å²) in [5.74, 6) is 0.228. The number of aromatic nitrogens is 1. The van der Waals surface area contributed by atoms with Crippen LogP contribution >= 0.6 is 11.8 Å². The van der Waals surface area contributed by atoms with Gasteiger partial charge in [0.05, 0.1) is 16.9 Å². The number of nitrogens with two attached hydrogens (primary N) is 1. The van der Waals surface area contributed by atoms with E-state index >= 15 is 0 Å². The van der Waals surface area contributed by atoms with Crippen molar-refractivity contribution in [3.05, 3.63) is 53.1 Å². The minimum absolute atomic E-state index is 0.0575. The lowest BCUT2D eigenvalue weighted by atomic mass is 10.0. The Hall–Kier alpha value is -3.03. The average Bonchev–Trinajstić information content (AvgIpc) is 2.65. The van der Waals surface area contributed by atoms with Crippen molar-refractivity contribution in [2.75, 3.05) is 18.0 Å². The third-order valence-electron chi connectivity index (χ3n) is 3.57. The lowest BCUT2D eigenvalue weighted by molar-refractivity contribution is -0.118. The molecule has 0 fully saturated rings. The molecule has 7 heteroatoms. The molecule has 0 aliphatic heterocycles. The van der Waals surface area contributed by atoms with Crippen LogP contribution in [0.1, 0.15) is 29.5 Å². The number of thioether (sulfide) groups is 1. The second kappa shape index (κ2) is 8.72. The molecule has 0 radical (unpaired) electrons. The van der Waals surface area contributed by atoms with Crippen LogP contribution in [0.2, 0.25) is 0 Å². The molecule has 2 rings (SSSR count). The van der Waals surface area contributed by atoms with E-state index in [2.05, 4.69) is 10.3 Å². The van der Waals surface area contributed by atoms with Gasteiger partial charge in [-0.15, -0.1) is 0 Å². The summed E-state index contributed by atoms with van der Waals surface area (Å²) in [5, 5.41) is 21.3. The summed E-state index contributed by atoms with van der Waals surface area (Å²) in [7, 11) is 0. The van der Waals surface area contributed by atoms with E-state index < -0.39 is 0 Å². The molecule has 1 amide bonds. The van der Waals surface area contributed by atoms with E-state index in [1.807, 2.05) is 49.4 Å². The highest BCUT2D eigenvalue weighted by atomic mass is 32.2. The third-order valence-corrected chi connectivity index (χ3v) is 4.56. The first-order chi connectivity index (χ1) is 12.0. The number of hydrogen-bond donors (Lipinski definition) is 2. The predicted molar refractivity (Wildman–Crippen MR) is 96.7 cm³/mol. The zero-order chi connectivity index (χ0) is 18.2. The quantitative estimate of drug-likeness (QED) is 0.772. The summed E-state index contributed by atoms with van der Waals surface area (Å²) in [6.45, 7) is 2.57. The largest absolute Gasteiger partial charge is 0.383 e. The van der Waals surface area contributed by atoms with Gasteiger partial charge in [-0.2, -0.15) is 10.5 Å². The average molecular weight is 351 g/mol. The van der Waals surface area contributed by atoms with E-state index in [0.29, 0.717) is 11.6 Å². The van der Waals surface area contributed by atoms with Crippen molar-refractivity contribution in [2.24, 2.45) is 0 Å². The van der Waals surface area contributed by atoms with Gasteiger partial charge in [0.25, 0.3) is 0 Å². The van der Waals surface area contributed by atoms with Crippen LogP contribution in [-0.2, 0) is 4.79 Å². The topological polar surface area (TPSA) is 116 Å². The van der Waals surface area contributed by atoms with Gasteiger partial charge in [-0.25, -0.2) is 4.98 Å². The highest BCUT2D eigenvalue weighted by Gasteiger charge is 2.13. The summed E-state index contributed by atoms with van der Waals surface area (Å²) < 4.78 is 0. The number of rotatable bonds is 6. The number of carbonyl (C=O) groups is 1. The molecule has 0 bridgehead atoms. The van der Waals surface area contributed by atoms with Gasteiger partial charge in [0.15, 0.2) is 0 Å². The van der Waals surface area contributed by atoms with Crippen LogP contribution in [-0.4, -0.2) is 23.2 Å². The van der Waals surface area contributed by atoms with E-state index in [1.54, 1.807) is 0 Å². The normalized spacial score (nSPS) is 11.2. The molecule has 6 nitrogen and oxygen atoms in total. The maximum Gasteiger partial charge on any atom is 0.230 e. The molecule has 0 unspecified atom stereocenters. The fourth-order valence-electron chi connectivity index (χ4n) is 2.14. The fourth-order valence-corrected chi connectivity index (χ4v) is 2.93. The number of amides is 1. The Kier molecular flexibility index (Phi) is 6.39. The van der Waals surface area contributed by atoms with Crippen molar-refractivity contribution < 1.29 is 4.79 Å². The van der Waals surface area contributed by atoms with Crippen molar-refractivity contribution in [3.63, 3.8) is 0 Å². The molecule has 1 aromatic heterocycles. The molecule has 0 aliphatic carbocycles. The number of pyridine rings is 1. The van der Waals surface area contributed by atoms with Gasteiger partial charge >= 0.3 is 0 Å². The van der Waals surface area contributed by atoms with Crippen molar-refractivity contribution in [3.8, 4) is 12.1 Å². The lowest BCUT2D eigenvalue weighted by Gasteiger charge is -2.13. The first kappa shape index (κ1) is 18.3. The predicted octanol–water partition coefficient (Wildman–Crippen LogP) is 2.42. The van der Waals surface area contributed by atoms with Gasteiger partial charge < -0.3 is 11.1 Å². The number of carbonyl (C=O) groups excluding carboxylic acids is 1. The first-order valence-electron chi connectivity index (χ1n) is 7.60. The summed E-state index contributed by atoms with van der Waals surface area (Å²) in [6, 6.07) is 15.2. The summed E-state index contributed by atoms with van der Waals surface area (Å²) in [5.41, 5.74) is 7.22. The Labute approximate surface area is 150 Å². The Morgan fingerprint density at radius 3 is 2.60 bits per heavy atom. The number of benzene rings is 1. The van der Waals surface area contributed by atoms with Gasteiger partial charge in [-0.1, -0.05) is 49.0 Å². The van der Waals surface area contributed by atoms with Crippen LogP contribution in [0, 0.1) is 22.7 Å². The molecule has 3 N–H and O–H groups in total. The van der Waals surface area contributed by atoms with Crippen LogP contribution in [0.3, 0.4) is 0 Å². The Morgan fingerprint density at radius 2 is 1.96 bits per heavy atom. The molecule has 0 aliphatic rings. The molecule has 1 aromatic carbocycles. The van der Waals surface area contributed by atoms with E-state index in [-0.39, 0.29) is 34.5 Å². The Balaban J connectivity index is 1.91. The molecule has 1 heterocycles. The first-order valence-corrected chi connectivity index (χ1v) is 8.59. The van der Waals surface area contributed by atoms with E-state index in [0.717, 1.165) is 17.3 Å². The van der Waals surface area contributed by atoms with E-state index in [1.165, 1.54) is 6.07 Å². The highest BCUT2D eigenvalue weighted by molar-refractivity contribution is 8.00. The standard InChI is InChI=1S/C18H17N5OS/c1-12(13-5-3-2-4-6-13)10-22-16(24)11-25-18-15(9-20)7-14(8-19)17(21)23-18/h2-7,12H,10-11H2,1H3,(H2,21,23)(H,22,24)/t12-/m1/s1. The summed E-state index contributed by atoms with van der Waals surface area (Å²) >= 11 is 1.13. The number of nitrogens with one attached hydrogen (secondary N) is 1. The molecule has 126 valence electrons. The smallest absolute Gasteiger partial charge is 0.230 e. The fraction of sp³-hybridized carbons (Fsp3) is 0.222. The molecular weight excluding hydrogens is 334 g/mol. The Morgan fingerprint density at radius 1 is 1.28 bits per heavy atom. The van der Waals surface area contributed by atoms with Crippen LogP contribution in [0.4, 0.5) is 5.82 Å². The second-order valence-electron chi connectivity index (χ2n) is 5.40. The molecule has 0 saturated heterocycles. The molecule has 0 saturated carbocycles. The lowest BCUT2D eigenvalue weighted by Crippen LogP contribution is -2.29. The van der Waals surface area contributed by atoms with Crippen LogP contribution < -0.4 is 11.1 Å². The van der Waals surface area contributed by atoms with E-state index in [4.69, 9.17) is 16.3 Å². The minimum Gasteiger partial charge on any atom is -0.383 e. The zero-order valence-corrected chi connectivity index (χ0v) is 14.5. The van der Waals surface area contributed by atoms with Gasteiger partial charge in [-0.3, -0.25) is 4.79 Å². The van der Waals surface area contributed by atoms with Gasteiger partial charge in [0.2, 0.25) is 5.91 Å². The Bertz CT molecular complexity index is 839. The van der Waals surface area contributed by atoms with Crippen molar-refractivity contribution in [1.29, 1.82) is 10.5 Å². The number of hydrogen-bond acceptors (Lipinski definition) is 6. The molecule has 2 aromatic rings. The zero-order valence-electron chi connectivity index (χ0n) is 13.7. The van der Waals surface area contributed by atoms with Crippen LogP contribution in [0.15, 0.2) is 41.4 Å². The minimum atomic E-state index is -0.151. The van der Waals surface area contributed by atoms with Gasteiger partial charge in [0.1, 0.15) is 23.0 Å². The summed E-state index contributed by atoms with van der Waals surface area (Å²) in [6.07, 6.45) is 0. The molecular formula is C18H17N5OS. The molecule has 25 heavy (non-hydrogen) atoms. The number of nitriles is 2. The van der Waals surface area contributed by atoms with Crippen LogP contribution in [0.5, 0.6) is 0 Å². The number of nitrogen functional groups attached to an aromatic ring is 1. The van der Waals surface area contributed by atoms with Crippen molar-refractivity contribution >= 4 is 23.5 Å². The summed E-state index contributed by atoms with van der Waals surface area (Å²) in [4.78, 5) is 16.1. The monoisotopic (exact) mass is 351 g/mol. The van der Waals surface area contributed by atoms with Crippen LogP contribution in [0.25, 0.3) is 0 Å². The highest BCUT2D eigenvalue weighted by Crippen LogP contribution is 2.23. The SMILES string of the molecule is C[C@H](CNC(=O)CSc1nc(N)c(C#N)cc1C#N)c1ccccc1. The molecule has 0 spiro atoms. The maximum absolute atomic E-state index is 12.0. The van der Waals surface area contributed by atoms with Crippen molar-refractivity contribution in [1.82, 2.24) is 10.3 Å². The second-order valence-corrected chi connectivity index (χ2v) is 6.37. The van der Waals surface area contributed by atoms with Crippen molar-refractivity contribution in [2.45, 2.75) is 17.9 Å². The van der Waals surface area contributed by atoms with Gasteiger partial charge in [-0.05, 0) is 17.5 Å². The number of anilines is 1. The maximum atomic E-state index is 12.0. The van der Waals surface area contributed by atoms with E-state index in [9.17, 15) is 4.79 Å². The van der Waals surface area contributed by atoms with Gasteiger partial charge in [0, 0.05) is 6.54 Å².